The summed E-state index contributed by atoms with van der Waals surface area (Å²) < 4.78 is 2.14. The van der Waals surface area contributed by atoms with Crippen molar-refractivity contribution in [2.75, 3.05) is 0 Å². The summed E-state index contributed by atoms with van der Waals surface area (Å²) in [6, 6.07) is 15.6. The molecule has 126 valence electrons. The van der Waals surface area contributed by atoms with Gasteiger partial charge in [-0.2, -0.15) is 0 Å². The summed E-state index contributed by atoms with van der Waals surface area (Å²) in [5, 5.41) is 12.3. The van der Waals surface area contributed by atoms with Crippen LogP contribution in [-0.4, -0.2) is 20.6 Å². The van der Waals surface area contributed by atoms with Gasteiger partial charge in [-0.25, -0.2) is 4.79 Å². The highest BCUT2D eigenvalue weighted by Crippen LogP contribution is 2.41. The minimum atomic E-state index is -0.981. The maximum Gasteiger partial charge on any atom is 0.353 e. The van der Waals surface area contributed by atoms with Crippen molar-refractivity contribution in [2.24, 2.45) is 0 Å². The predicted octanol–water partition coefficient (Wildman–Crippen LogP) is 5.72. The molecule has 0 amide bonds. The molecular formula is C20H17ClN2O2. The molecule has 0 aliphatic heterocycles. The number of aromatic amines is 1. The number of carboxylic acid groups (broad SMARTS) is 1. The second-order valence-corrected chi connectivity index (χ2v) is 6.83. The van der Waals surface area contributed by atoms with Gasteiger partial charge >= 0.3 is 5.97 Å². The predicted molar refractivity (Wildman–Crippen MR) is 102 cm³/mol. The molecule has 4 aromatic rings. The number of rotatable bonds is 3. The number of hydrogen-bond donors (Lipinski definition) is 2. The second-order valence-electron chi connectivity index (χ2n) is 6.40. The molecule has 0 unspecified atom stereocenters. The van der Waals surface area contributed by atoms with Gasteiger partial charge in [0.15, 0.2) is 0 Å². The van der Waals surface area contributed by atoms with E-state index in [0.717, 1.165) is 27.5 Å². The Morgan fingerprint density at radius 1 is 1.16 bits per heavy atom. The van der Waals surface area contributed by atoms with Crippen LogP contribution in [0.4, 0.5) is 0 Å². The van der Waals surface area contributed by atoms with Crippen molar-refractivity contribution in [3.63, 3.8) is 0 Å². The number of H-pyrrole nitrogens is 1. The summed E-state index contributed by atoms with van der Waals surface area (Å²) in [6.07, 6.45) is 0. The first kappa shape index (κ1) is 15.8. The Bertz CT molecular complexity index is 1120. The molecule has 0 bridgehead atoms. The van der Waals surface area contributed by atoms with Crippen LogP contribution in [0.25, 0.3) is 33.1 Å². The van der Waals surface area contributed by atoms with Crippen LogP contribution < -0.4 is 0 Å². The summed E-state index contributed by atoms with van der Waals surface area (Å²) in [5.74, 6) is -0.981. The average molecular weight is 353 g/mol. The lowest BCUT2D eigenvalue weighted by Gasteiger charge is -2.10. The maximum atomic E-state index is 11.9. The molecule has 0 saturated heterocycles. The van der Waals surface area contributed by atoms with Crippen LogP contribution in [0.1, 0.15) is 30.4 Å². The van der Waals surface area contributed by atoms with E-state index in [1.165, 1.54) is 0 Å². The Labute approximate surface area is 149 Å². The smallest absolute Gasteiger partial charge is 0.353 e. The van der Waals surface area contributed by atoms with E-state index in [1.54, 1.807) is 12.1 Å². The number of aromatic nitrogens is 2. The fourth-order valence-electron chi connectivity index (χ4n) is 3.57. The number of aromatic carboxylic acids is 1. The fourth-order valence-corrected chi connectivity index (χ4v) is 3.76. The molecule has 0 fully saturated rings. The lowest BCUT2D eigenvalue weighted by molar-refractivity contribution is 0.0692. The first-order valence-corrected chi connectivity index (χ1v) is 8.50. The molecule has 5 heteroatoms. The molecule has 0 aliphatic carbocycles. The molecule has 0 atom stereocenters. The van der Waals surface area contributed by atoms with Gasteiger partial charge < -0.3 is 14.7 Å². The van der Waals surface area contributed by atoms with E-state index in [0.29, 0.717) is 10.6 Å². The SMILES string of the molecule is CC(C)n1c2ccccc2c2c(-c3cccc(Cl)c3)c(C(=O)O)[nH]c21. The van der Waals surface area contributed by atoms with Gasteiger partial charge in [0.05, 0.1) is 5.52 Å². The number of nitrogens with one attached hydrogen (secondary N) is 1. The van der Waals surface area contributed by atoms with Gasteiger partial charge in [-0.15, -0.1) is 0 Å². The molecule has 4 rings (SSSR count). The van der Waals surface area contributed by atoms with E-state index in [-0.39, 0.29) is 11.7 Å². The van der Waals surface area contributed by atoms with Crippen LogP contribution in [0.3, 0.4) is 0 Å². The Morgan fingerprint density at radius 2 is 1.92 bits per heavy atom. The van der Waals surface area contributed by atoms with Crippen LogP contribution in [0.2, 0.25) is 5.02 Å². The van der Waals surface area contributed by atoms with Crippen molar-refractivity contribution in [3.05, 3.63) is 59.2 Å². The Kier molecular flexibility index (Phi) is 3.58. The van der Waals surface area contributed by atoms with Crippen molar-refractivity contribution in [2.45, 2.75) is 19.9 Å². The zero-order valence-electron chi connectivity index (χ0n) is 13.9. The van der Waals surface area contributed by atoms with E-state index in [9.17, 15) is 9.90 Å². The summed E-state index contributed by atoms with van der Waals surface area (Å²) in [4.78, 5) is 15.0. The first-order valence-electron chi connectivity index (χ1n) is 8.13. The van der Waals surface area contributed by atoms with E-state index < -0.39 is 5.97 Å². The number of fused-ring (bicyclic) bond motifs is 3. The average Bonchev–Trinajstić information content (AvgIpc) is 3.09. The van der Waals surface area contributed by atoms with E-state index in [2.05, 4.69) is 29.5 Å². The number of benzene rings is 2. The van der Waals surface area contributed by atoms with Crippen molar-refractivity contribution in [1.29, 1.82) is 0 Å². The molecule has 2 heterocycles. The van der Waals surface area contributed by atoms with E-state index in [1.807, 2.05) is 30.3 Å². The van der Waals surface area contributed by atoms with Crippen LogP contribution >= 0.6 is 11.6 Å². The molecular weight excluding hydrogens is 336 g/mol. The van der Waals surface area contributed by atoms with Gasteiger partial charge in [0.1, 0.15) is 11.3 Å². The van der Waals surface area contributed by atoms with E-state index >= 15 is 0 Å². The van der Waals surface area contributed by atoms with Gasteiger partial charge in [-0.3, -0.25) is 0 Å². The maximum absolute atomic E-state index is 11.9. The van der Waals surface area contributed by atoms with Crippen LogP contribution in [0, 0.1) is 0 Å². The van der Waals surface area contributed by atoms with Gasteiger partial charge in [0, 0.05) is 27.4 Å². The monoisotopic (exact) mass is 352 g/mol. The minimum Gasteiger partial charge on any atom is -0.477 e. The molecule has 2 N–H and O–H groups in total. The van der Waals surface area contributed by atoms with Crippen molar-refractivity contribution in [1.82, 2.24) is 9.55 Å². The van der Waals surface area contributed by atoms with Gasteiger partial charge in [0.25, 0.3) is 0 Å². The first-order chi connectivity index (χ1) is 12.0. The zero-order valence-corrected chi connectivity index (χ0v) is 14.6. The zero-order chi connectivity index (χ0) is 17.7. The Morgan fingerprint density at radius 3 is 2.60 bits per heavy atom. The number of para-hydroxylation sites is 1. The summed E-state index contributed by atoms with van der Waals surface area (Å²) in [6.45, 7) is 4.18. The molecule has 2 aromatic heterocycles. The largest absolute Gasteiger partial charge is 0.477 e. The number of halogens is 1. The van der Waals surface area contributed by atoms with Gasteiger partial charge in [0.2, 0.25) is 0 Å². The summed E-state index contributed by atoms with van der Waals surface area (Å²) >= 11 is 6.16. The second kappa shape index (κ2) is 5.67. The number of carboxylic acids is 1. The van der Waals surface area contributed by atoms with Crippen LogP contribution in [0.15, 0.2) is 48.5 Å². The summed E-state index contributed by atoms with van der Waals surface area (Å²) in [5.41, 5.74) is 3.57. The lowest BCUT2D eigenvalue weighted by Crippen LogP contribution is -2.03. The van der Waals surface area contributed by atoms with E-state index in [4.69, 9.17) is 11.6 Å². The van der Waals surface area contributed by atoms with Gasteiger partial charge in [-0.1, -0.05) is 41.9 Å². The molecule has 25 heavy (non-hydrogen) atoms. The Balaban J connectivity index is 2.22. The quantitative estimate of drug-likeness (QED) is 0.495. The number of nitrogens with zero attached hydrogens (tertiary/aromatic N) is 1. The minimum absolute atomic E-state index is 0.187. The third kappa shape index (κ3) is 2.33. The molecule has 0 spiro atoms. The Hall–Kier alpha value is -2.72. The molecule has 2 aromatic carbocycles. The van der Waals surface area contributed by atoms with Crippen LogP contribution in [-0.2, 0) is 0 Å². The molecule has 0 aliphatic rings. The highest BCUT2D eigenvalue weighted by atomic mass is 35.5. The summed E-state index contributed by atoms with van der Waals surface area (Å²) in [7, 11) is 0. The van der Waals surface area contributed by atoms with Crippen molar-refractivity contribution < 1.29 is 9.90 Å². The van der Waals surface area contributed by atoms with Crippen molar-refractivity contribution >= 4 is 39.5 Å². The molecule has 4 nitrogen and oxygen atoms in total. The molecule has 0 saturated carbocycles. The molecule has 0 radical (unpaired) electrons. The van der Waals surface area contributed by atoms with Crippen molar-refractivity contribution in [3.8, 4) is 11.1 Å². The third-order valence-electron chi connectivity index (χ3n) is 4.50. The topological polar surface area (TPSA) is 58.0 Å². The normalized spacial score (nSPS) is 11.7. The number of hydrogen-bond acceptors (Lipinski definition) is 1. The number of carbonyl (C=O) groups is 1. The van der Waals surface area contributed by atoms with Crippen LogP contribution in [0.5, 0.6) is 0 Å². The fraction of sp³-hybridized carbons (Fsp3) is 0.150. The van der Waals surface area contributed by atoms with Gasteiger partial charge in [-0.05, 0) is 37.6 Å². The third-order valence-corrected chi connectivity index (χ3v) is 4.73. The lowest BCUT2D eigenvalue weighted by atomic mass is 10.0. The highest BCUT2D eigenvalue weighted by molar-refractivity contribution is 6.31. The standard InChI is InChI=1S/C20H17ClN2O2/c1-11(2)23-15-9-4-3-8-14(15)17-16(12-6-5-7-13(21)10-12)18(20(24)25)22-19(17)23/h3-11,22H,1-2H3,(H,24,25). The highest BCUT2D eigenvalue weighted by Gasteiger charge is 2.25.